The second kappa shape index (κ2) is 5.82. The predicted molar refractivity (Wildman–Crippen MR) is 72.6 cm³/mol. The van der Waals surface area contributed by atoms with E-state index in [1.807, 2.05) is 36.7 Å². The number of rotatable bonds is 4. The number of aromatic nitrogens is 1. The predicted octanol–water partition coefficient (Wildman–Crippen LogP) is 3.77. The van der Waals surface area contributed by atoms with Gasteiger partial charge in [0.1, 0.15) is 5.75 Å². The Morgan fingerprint density at radius 2 is 2.00 bits per heavy atom. The lowest BCUT2D eigenvalue weighted by molar-refractivity contribution is 0.414. The fourth-order valence-corrected chi connectivity index (χ4v) is 2.38. The lowest BCUT2D eigenvalue weighted by atomic mass is 10.1. The molecule has 0 fully saturated rings. The van der Waals surface area contributed by atoms with Crippen LogP contribution in [0.25, 0.3) is 0 Å². The first-order valence-electron chi connectivity index (χ1n) is 5.46. The quantitative estimate of drug-likeness (QED) is 0.800. The molecular formula is C14H14BrNO. The summed E-state index contributed by atoms with van der Waals surface area (Å²) in [7, 11) is 1.69. The standard InChI is InChI=1S/C14H14BrNO/c1-17-13-4-2-3-11(9-13)10-14(15)12-5-7-16-8-6-12/h2-9,14H,10H2,1H3. The molecule has 0 amide bonds. The normalized spacial score (nSPS) is 12.1. The average molecular weight is 292 g/mol. The molecule has 0 spiro atoms. The van der Waals surface area contributed by atoms with Crippen molar-refractivity contribution in [2.75, 3.05) is 7.11 Å². The molecule has 1 aromatic heterocycles. The minimum absolute atomic E-state index is 0.303. The number of hydrogen-bond acceptors (Lipinski definition) is 2. The van der Waals surface area contributed by atoms with E-state index in [2.05, 4.69) is 33.0 Å². The molecule has 1 unspecified atom stereocenters. The van der Waals surface area contributed by atoms with Crippen molar-refractivity contribution >= 4 is 15.9 Å². The lowest BCUT2D eigenvalue weighted by Crippen LogP contribution is -1.96. The Balaban J connectivity index is 2.10. The van der Waals surface area contributed by atoms with E-state index in [1.165, 1.54) is 11.1 Å². The molecule has 2 rings (SSSR count). The summed E-state index contributed by atoms with van der Waals surface area (Å²) in [4.78, 5) is 4.32. The van der Waals surface area contributed by atoms with Gasteiger partial charge < -0.3 is 4.74 Å². The Labute approximate surface area is 110 Å². The first kappa shape index (κ1) is 12.1. The highest BCUT2D eigenvalue weighted by Gasteiger charge is 2.08. The summed E-state index contributed by atoms with van der Waals surface area (Å²) in [6, 6.07) is 12.2. The molecule has 0 saturated heterocycles. The summed E-state index contributed by atoms with van der Waals surface area (Å²) in [6.07, 6.45) is 4.56. The van der Waals surface area contributed by atoms with Gasteiger partial charge in [0, 0.05) is 17.2 Å². The molecule has 0 N–H and O–H groups in total. The number of alkyl halides is 1. The van der Waals surface area contributed by atoms with Gasteiger partial charge in [0.2, 0.25) is 0 Å². The van der Waals surface area contributed by atoms with Crippen molar-refractivity contribution in [3.63, 3.8) is 0 Å². The Bertz CT molecular complexity index is 473. The molecule has 0 aliphatic heterocycles. The van der Waals surface area contributed by atoms with Crippen molar-refractivity contribution in [2.24, 2.45) is 0 Å². The van der Waals surface area contributed by atoms with E-state index in [9.17, 15) is 0 Å². The number of ether oxygens (including phenoxy) is 1. The van der Waals surface area contributed by atoms with Crippen LogP contribution in [0.1, 0.15) is 16.0 Å². The molecule has 0 aliphatic rings. The highest BCUT2D eigenvalue weighted by atomic mass is 79.9. The Morgan fingerprint density at radius 1 is 1.24 bits per heavy atom. The molecule has 0 saturated carbocycles. The molecular weight excluding hydrogens is 278 g/mol. The zero-order valence-corrected chi connectivity index (χ0v) is 11.2. The monoisotopic (exact) mass is 291 g/mol. The summed E-state index contributed by atoms with van der Waals surface area (Å²) in [5.41, 5.74) is 2.49. The molecule has 3 heteroatoms. The first-order valence-corrected chi connectivity index (χ1v) is 6.38. The van der Waals surface area contributed by atoms with E-state index in [4.69, 9.17) is 4.74 Å². The average Bonchev–Trinajstić information content (AvgIpc) is 2.40. The fourth-order valence-electron chi connectivity index (χ4n) is 1.70. The molecule has 0 aliphatic carbocycles. The van der Waals surface area contributed by atoms with Crippen molar-refractivity contribution in [3.05, 3.63) is 59.9 Å². The van der Waals surface area contributed by atoms with Gasteiger partial charge in [0.25, 0.3) is 0 Å². The van der Waals surface area contributed by atoms with Crippen LogP contribution in [-0.4, -0.2) is 12.1 Å². The number of nitrogens with zero attached hydrogens (tertiary/aromatic N) is 1. The van der Waals surface area contributed by atoms with Gasteiger partial charge in [-0.15, -0.1) is 0 Å². The molecule has 1 aromatic carbocycles. The smallest absolute Gasteiger partial charge is 0.119 e. The summed E-state index contributed by atoms with van der Waals surface area (Å²) in [6.45, 7) is 0. The van der Waals surface area contributed by atoms with Gasteiger partial charge >= 0.3 is 0 Å². The molecule has 1 atom stereocenters. The number of pyridine rings is 1. The molecule has 88 valence electrons. The van der Waals surface area contributed by atoms with Gasteiger partial charge in [-0.05, 0) is 41.8 Å². The molecule has 2 nitrogen and oxygen atoms in total. The topological polar surface area (TPSA) is 22.1 Å². The summed E-state index contributed by atoms with van der Waals surface area (Å²) in [5.74, 6) is 0.900. The van der Waals surface area contributed by atoms with Crippen LogP contribution < -0.4 is 4.74 Å². The minimum Gasteiger partial charge on any atom is -0.497 e. The Hall–Kier alpha value is -1.35. The lowest BCUT2D eigenvalue weighted by Gasteiger charge is -2.10. The van der Waals surface area contributed by atoms with Gasteiger partial charge in [-0.25, -0.2) is 0 Å². The van der Waals surface area contributed by atoms with Crippen molar-refractivity contribution in [1.29, 1.82) is 0 Å². The van der Waals surface area contributed by atoms with Crippen LogP contribution in [-0.2, 0) is 6.42 Å². The van der Waals surface area contributed by atoms with Crippen LogP contribution in [0, 0.1) is 0 Å². The summed E-state index contributed by atoms with van der Waals surface area (Å²) < 4.78 is 5.22. The summed E-state index contributed by atoms with van der Waals surface area (Å²) >= 11 is 3.70. The minimum atomic E-state index is 0.303. The second-order valence-electron chi connectivity index (χ2n) is 3.80. The van der Waals surface area contributed by atoms with Crippen LogP contribution in [0.3, 0.4) is 0 Å². The highest BCUT2D eigenvalue weighted by molar-refractivity contribution is 9.09. The first-order chi connectivity index (χ1) is 8.29. The number of benzene rings is 1. The van der Waals surface area contributed by atoms with Crippen molar-refractivity contribution < 1.29 is 4.74 Å². The Kier molecular flexibility index (Phi) is 4.15. The van der Waals surface area contributed by atoms with Crippen LogP contribution in [0.4, 0.5) is 0 Å². The Morgan fingerprint density at radius 3 is 2.71 bits per heavy atom. The van der Waals surface area contributed by atoms with Gasteiger partial charge in [-0.1, -0.05) is 28.1 Å². The third-order valence-electron chi connectivity index (χ3n) is 2.62. The molecule has 2 aromatic rings. The van der Waals surface area contributed by atoms with E-state index in [-0.39, 0.29) is 0 Å². The van der Waals surface area contributed by atoms with Crippen molar-refractivity contribution in [1.82, 2.24) is 4.98 Å². The third-order valence-corrected chi connectivity index (χ3v) is 3.47. The van der Waals surface area contributed by atoms with E-state index >= 15 is 0 Å². The molecule has 17 heavy (non-hydrogen) atoms. The van der Waals surface area contributed by atoms with Crippen LogP contribution in [0.5, 0.6) is 5.75 Å². The maximum absolute atomic E-state index is 5.22. The van der Waals surface area contributed by atoms with E-state index in [1.54, 1.807) is 7.11 Å². The highest BCUT2D eigenvalue weighted by Crippen LogP contribution is 2.27. The van der Waals surface area contributed by atoms with E-state index in [0.29, 0.717) is 4.83 Å². The SMILES string of the molecule is COc1cccc(CC(Br)c2ccncc2)c1. The maximum atomic E-state index is 5.22. The van der Waals surface area contributed by atoms with Crippen LogP contribution in [0.2, 0.25) is 0 Å². The van der Waals surface area contributed by atoms with Crippen molar-refractivity contribution in [3.8, 4) is 5.75 Å². The second-order valence-corrected chi connectivity index (χ2v) is 4.91. The van der Waals surface area contributed by atoms with Crippen LogP contribution >= 0.6 is 15.9 Å². The van der Waals surface area contributed by atoms with Gasteiger partial charge in [0.15, 0.2) is 0 Å². The van der Waals surface area contributed by atoms with Gasteiger partial charge in [-0.2, -0.15) is 0 Å². The molecule has 0 bridgehead atoms. The number of hydrogen-bond donors (Lipinski definition) is 0. The van der Waals surface area contributed by atoms with E-state index < -0.39 is 0 Å². The number of halogens is 1. The van der Waals surface area contributed by atoms with Crippen LogP contribution in [0.15, 0.2) is 48.8 Å². The number of methoxy groups -OCH3 is 1. The molecule has 1 heterocycles. The van der Waals surface area contributed by atoms with Gasteiger partial charge in [-0.3, -0.25) is 4.98 Å². The fraction of sp³-hybridized carbons (Fsp3) is 0.214. The summed E-state index contributed by atoms with van der Waals surface area (Å²) in [5, 5.41) is 0. The zero-order valence-electron chi connectivity index (χ0n) is 9.64. The molecule has 0 radical (unpaired) electrons. The zero-order chi connectivity index (χ0) is 12.1. The van der Waals surface area contributed by atoms with Gasteiger partial charge in [0.05, 0.1) is 7.11 Å². The third kappa shape index (κ3) is 3.30. The maximum Gasteiger partial charge on any atom is 0.119 e. The largest absolute Gasteiger partial charge is 0.497 e. The van der Waals surface area contributed by atoms with E-state index in [0.717, 1.165) is 12.2 Å². The van der Waals surface area contributed by atoms with Crippen molar-refractivity contribution in [2.45, 2.75) is 11.2 Å².